The number of methoxy groups -OCH3 is 1. The van der Waals surface area contributed by atoms with Gasteiger partial charge >= 0.3 is 0 Å². The molecule has 1 unspecified atom stereocenters. The zero-order valence-corrected chi connectivity index (χ0v) is 12.8. The highest BCUT2D eigenvalue weighted by molar-refractivity contribution is 5.63. The molecule has 0 spiro atoms. The number of hydrogen-bond donors (Lipinski definition) is 0. The second-order valence-electron chi connectivity index (χ2n) is 5.13. The van der Waals surface area contributed by atoms with Crippen LogP contribution in [0.4, 0.5) is 0 Å². The zero-order valence-electron chi connectivity index (χ0n) is 12.8. The lowest BCUT2D eigenvalue weighted by Crippen LogP contribution is -2.09. The highest BCUT2D eigenvalue weighted by Gasteiger charge is 2.12. The maximum Gasteiger partial charge on any atom is 0.118 e. The van der Waals surface area contributed by atoms with Gasteiger partial charge in [0.1, 0.15) is 5.75 Å². The molecule has 0 saturated carbocycles. The average molecular weight is 293 g/mol. The number of benzene rings is 1. The molecular formula is C18H19N3O. The van der Waals surface area contributed by atoms with Crippen molar-refractivity contribution in [3.05, 3.63) is 67.0 Å². The molecule has 1 aromatic carbocycles. The number of imidazole rings is 1. The minimum absolute atomic E-state index is 0.229. The molecule has 0 saturated heterocycles. The Balaban J connectivity index is 1.85. The minimum Gasteiger partial charge on any atom is -0.497 e. The van der Waals surface area contributed by atoms with Crippen LogP contribution in [0.1, 0.15) is 25.1 Å². The van der Waals surface area contributed by atoms with Crippen molar-refractivity contribution in [3.63, 3.8) is 0 Å². The van der Waals surface area contributed by atoms with E-state index in [1.54, 1.807) is 13.3 Å². The highest BCUT2D eigenvalue weighted by atomic mass is 16.5. The monoisotopic (exact) mass is 293 g/mol. The third-order valence-electron chi connectivity index (χ3n) is 3.82. The molecule has 0 aliphatic carbocycles. The largest absolute Gasteiger partial charge is 0.497 e. The van der Waals surface area contributed by atoms with Gasteiger partial charge in [-0.1, -0.05) is 25.1 Å². The van der Waals surface area contributed by atoms with Gasteiger partial charge in [-0.25, -0.2) is 4.98 Å². The van der Waals surface area contributed by atoms with Crippen LogP contribution in [0.2, 0.25) is 0 Å². The van der Waals surface area contributed by atoms with Gasteiger partial charge in [0.15, 0.2) is 0 Å². The molecular weight excluding hydrogens is 274 g/mol. The SMILES string of the molecule is CCC(c1ccc(-c2ccc(OC)cc2)cn1)n1ccnc1. The first-order valence-corrected chi connectivity index (χ1v) is 7.39. The van der Waals surface area contributed by atoms with E-state index in [-0.39, 0.29) is 6.04 Å². The molecule has 0 bridgehead atoms. The van der Waals surface area contributed by atoms with Gasteiger partial charge in [-0.2, -0.15) is 0 Å². The Labute approximate surface area is 130 Å². The van der Waals surface area contributed by atoms with E-state index in [1.165, 1.54) is 0 Å². The second-order valence-corrected chi connectivity index (χ2v) is 5.13. The van der Waals surface area contributed by atoms with Gasteiger partial charge in [0.05, 0.1) is 25.2 Å². The van der Waals surface area contributed by atoms with Gasteiger partial charge in [-0.15, -0.1) is 0 Å². The molecule has 0 amide bonds. The van der Waals surface area contributed by atoms with E-state index in [9.17, 15) is 0 Å². The van der Waals surface area contributed by atoms with Crippen LogP contribution in [-0.2, 0) is 0 Å². The van der Waals surface area contributed by atoms with Gasteiger partial charge < -0.3 is 9.30 Å². The summed E-state index contributed by atoms with van der Waals surface area (Å²) in [4.78, 5) is 8.77. The summed E-state index contributed by atoms with van der Waals surface area (Å²) in [5.74, 6) is 0.861. The van der Waals surface area contributed by atoms with Crippen LogP contribution in [0.15, 0.2) is 61.3 Å². The summed E-state index contributed by atoms with van der Waals surface area (Å²) in [6.07, 6.45) is 8.52. The second kappa shape index (κ2) is 6.43. The van der Waals surface area contributed by atoms with E-state index >= 15 is 0 Å². The standard InChI is InChI=1S/C18H19N3O/c1-3-18(21-11-10-19-13-21)17-9-6-15(12-20-17)14-4-7-16(22-2)8-5-14/h4-13,18H,3H2,1-2H3. The highest BCUT2D eigenvalue weighted by Crippen LogP contribution is 2.25. The maximum absolute atomic E-state index is 5.19. The Bertz CT molecular complexity index is 703. The van der Waals surface area contributed by atoms with Crippen molar-refractivity contribution in [1.82, 2.24) is 14.5 Å². The summed E-state index contributed by atoms with van der Waals surface area (Å²) in [5.41, 5.74) is 3.29. The Kier molecular flexibility index (Phi) is 4.19. The number of aromatic nitrogens is 3. The quantitative estimate of drug-likeness (QED) is 0.715. The van der Waals surface area contributed by atoms with Crippen LogP contribution in [-0.4, -0.2) is 21.6 Å². The molecule has 22 heavy (non-hydrogen) atoms. The zero-order chi connectivity index (χ0) is 15.4. The van der Waals surface area contributed by atoms with Crippen molar-refractivity contribution < 1.29 is 4.74 Å². The van der Waals surface area contributed by atoms with Crippen LogP contribution < -0.4 is 4.74 Å². The number of hydrogen-bond acceptors (Lipinski definition) is 3. The lowest BCUT2D eigenvalue weighted by Gasteiger charge is -2.16. The summed E-state index contributed by atoms with van der Waals surface area (Å²) in [5, 5.41) is 0. The normalized spacial score (nSPS) is 12.1. The summed E-state index contributed by atoms with van der Waals surface area (Å²) in [6.45, 7) is 2.16. The lowest BCUT2D eigenvalue weighted by atomic mass is 10.1. The van der Waals surface area contributed by atoms with Crippen LogP contribution in [0.25, 0.3) is 11.1 Å². The Morgan fingerprint density at radius 3 is 2.41 bits per heavy atom. The Hall–Kier alpha value is -2.62. The molecule has 2 aromatic heterocycles. The third kappa shape index (κ3) is 2.86. The maximum atomic E-state index is 5.19. The predicted molar refractivity (Wildman–Crippen MR) is 86.9 cm³/mol. The van der Waals surface area contributed by atoms with Gasteiger partial charge in [-0.05, 0) is 30.2 Å². The van der Waals surface area contributed by atoms with Crippen molar-refractivity contribution in [2.45, 2.75) is 19.4 Å². The van der Waals surface area contributed by atoms with Gasteiger partial charge in [-0.3, -0.25) is 4.98 Å². The van der Waals surface area contributed by atoms with Crippen LogP contribution >= 0.6 is 0 Å². The molecule has 0 N–H and O–H groups in total. The Morgan fingerprint density at radius 2 is 1.86 bits per heavy atom. The fraction of sp³-hybridized carbons (Fsp3) is 0.222. The van der Waals surface area contributed by atoms with E-state index in [0.717, 1.165) is 29.0 Å². The fourth-order valence-corrected chi connectivity index (χ4v) is 2.58. The average Bonchev–Trinajstić information content (AvgIpc) is 3.11. The number of rotatable bonds is 5. The number of nitrogens with zero attached hydrogens (tertiary/aromatic N) is 3. The molecule has 4 heteroatoms. The van der Waals surface area contributed by atoms with E-state index in [0.29, 0.717) is 0 Å². The molecule has 3 aromatic rings. The van der Waals surface area contributed by atoms with Crippen LogP contribution in [0.5, 0.6) is 5.75 Å². The lowest BCUT2D eigenvalue weighted by molar-refractivity contribution is 0.415. The van der Waals surface area contributed by atoms with Gasteiger partial charge in [0.2, 0.25) is 0 Å². The molecule has 0 fully saturated rings. The van der Waals surface area contributed by atoms with E-state index in [1.807, 2.05) is 43.0 Å². The van der Waals surface area contributed by atoms with Gasteiger partial charge in [0, 0.05) is 24.2 Å². The van der Waals surface area contributed by atoms with Crippen molar-refractivity contribution >= 4 is 0 Å². The topological polar surface area (TPSA) is 39.9 Å². The fourth-order valence-electron chi connectivity index (χ4n) is 2.58. The predicted octanol–water partition coefficient (Wildman–Crippen LogP) is 3.95. The molecule has 0 aliphatic rings. The molecule has 2 heterocycles. The first kappa shape index (κ1) is 14.3. The van der Waals surface area contributed by atoms with Gasteiger partial charge in [0.25, 0.3) is 0 Å². The molecule has 0 radical (unpaired) electrons. The molecule has 4 nitrogen and oxygen atoms in total. The summed E-state index contributed by atoms with van der Waals surface area (Å²) in [7, 11) is 1.67. The summed E-state index contributed by atoms with van der Waals surface area (Å²) < 4.78 is 7.28. The minimum atomic E-state index is 0.229. The summed E-state index contributed by atoms with van der Waals surface area (Å²) in [6, 6.07) is 12.4. The Morgan fingerprint density at radius 1 is 1.09 bits per heavy atom. The molecule has 3 rings (SSSR count). The van der Waals surface area contributed by atoms with Crippen molar-refractivity contribution in [3.8, 4) is 16.9 Å². The summed E-state index contributed by atoms with van der Waals surface area (Å²) >= 11 is 0. The first-order chi connectivity index (χ1) is 10.8. The molecule has 1 atom stereocenters. The number of ether oxygens (including phenoxy) is 1. The van der Waals surface area contributed by atoms with Crippen LogP contribution in [0, 0.1) is 0 Å². The first-order valence-electron chi connectivity index (χ1n) is 7.39. The number of pyridine rings is 1. The van der Waals surface area contributed by atoms with Crippen molar-refractivity contribution in [2.75, 3.05) is 7.11 Å². The third-order valence-corrected chi connectivity index (χ3v) is 3.82. The van der Waals surface area contributed by atoms with E-state index < -0.39 is 0 Å². The smallest absolute Gasteiger partial charge is 0.118 e. The van der Waals surface area contributed by atoms with Crippen LogP contribution in [0.3, 0.4) is 0 Å². The van der Waals surface area contributed by atoms with Crippen molar-refractivity contribution in [2.24, 2.45) is 0 Å². The van der Waals surface area contributed by atoms with Crippen molar-refractivity contribution in [1.29, 1.82) is 0 Å². The van der Waals surface area contributed by atoms with E-state index in [2.05, 4.69) is 33.6 Å². The molecule has 112 valence electrons. The molecule has 0 aliphatic heterocycles. The van der Waals surface area contributed by atoms with E-state index in [4.69, 9.17) is 4.74 Å².